The molecule has 0 heterocycles. The standard InChI is InChI=1S/C17H15NO4/c19-15-9-12(17(21)22)4-7-14(15)10-2-1-3-11(8-10)16(20)18-13-5-6-13/h1-4,7-9,13,19H,5-6H2,(H,18,20)(H,21,22). The van der Waals surface area contributed by atoms with Crippen LogP contribution in [0, 0.1) is 0 Å². The second-order valence-electron chi connectivity index (χ2n) is 5.37. The number of phenolic OH excluding ortho intramolecular Hbond substituents is 1. The summed E-state index contributed by atoms with van der Waals surface area (Å²) < 4.78 is 0. The highest BCUT2D eigenvalue weighted by atomic mass is 16.4. The molecule has 0 aromatic heterocycles. The van der Waals surface area contributed by atoms with Gasteiger partial charge in [-0.2, -0.15) is 0 Å². The van der Waals surface area contributed by atoms with Crippen molar-refractivity contribution in [2.45, 2.75) is 18.9 Å². The Morgan fingerprint density at radius 1 is 1.05 bits per heavy atom. The first-order valence-electron chi connectivity index (χ1n) is 7.02. The van der Waals surface area contributed by atoms with Gasteiger partial charge in [-0.05, 0) is 48.7 Å². The van der Waals surface area contributed by atoms with Gasteiger partial charge in [0.05, 0.1) is 5.56 Å². The zero-order valence-electron chi connectivity index (χ0n) is 11.7. The van der Waals surface area contributed by atoms with Crippen LogP contribution in [-0.2, 0) is 0 Å². The average Bonchev–Trinajstić information content (AvgIpc) is 3.31. The molecular formula is C17H15NO4. The van der Waals surface area contributed by atoms with Crippen LogP contribution in [0.5, 0.6) is 5.75 Å². The largest absolute Gasteiger partial charge is 0.507 e. The molecule has 1 aliphatic carbocycles. The molecule has 1 fully saturated rings. The van der Waals surface area contributed by atoms with Crippen molar-refractivity contribution in [2.24, 2.45) is 0 Å². The summed E-state index contributed by atoms with van der Waals surface area (Å²) in [7, 11) is 0. The molecule has 0 spiro atoms. The van der Waals surface area contributed by atoms with Gasteiger partial charge in [-0.25, -0.2) is 4.79 Å². The van der Waals surface area contributed by atoms with E-state index in [-0.39, 0.29) is 23.3 Å². The summed E-state index contributed by atoms with van der Waals surface area (Å²) in [5, 5.41) is 21.8. The van der Waals surface area contributed by atoms with E-state index in [1.807, 2.05) is 0 Å². The van der Waals surface area contributed by atoms with Gasteiger partial charge in [-0.3, -0.25) is 4.79 Å². The Bertz CT molecular complexity index is 750. The maximum Gasteiger partial charge on any atom is 0.335 e. The third-order valence-electron chi connectivity index (χ3n) is 3.59. The van der Waals surface area contributed by atoms with E-state index in [0.717, 1.165) is 12.8 Å². The van der Waals surface area contributed by atoms with Crippen molar-refractivity contribution < 1.29 is 19.8 Å². The average molecular weight is 297 g/mol. The molecule has 2 aromatic carbocycles. The first kappa shape index (κ1) is 14.1. The van der Waals surface area contributed by atoms with Crippen molar-refractivity contribution in [2.75, 3.05) is 0 Å². The molecular weight excluding hydrogens is 282 g/mol. The molecule has 0 bridgehead atoms. The van der Waals surface area contributed by atoms with Crippen molar-refractivity contribution >= 4 is 11.9 Å². The number of benzene rings is 2. The second-order valence-corrected chi connectivity index (χ2v) is 5.37. The molecule has 3 N–H and O–H groups in total. The number of hydrogen-bond acceptors (Lipinski definition) is 3. The van der Waals surface area contributed by atoms with E-state index in [1.54, 1.807) is 24.3 Å². The first-order chi connectivity index (χ1) is 10.5. The van der Waals surface area contributed by atoms with Gasteiger partial charge in [0.2, 0.25) is 0 Å². The molecule has 5 nitrogen and oxygen atoms in total. The van der Waals surface area contributed by atoms with Crippen LogP contribution >= 0.6 is 0 Å². The van der Waals surface area contributed by atoms with Crippen molar-refractivity contribution in [1.29, 1.82) is 0 Å². The van der Waals surface area contributed by atoms with Crippen LogP contribution in [0.4, 0.5) is 0 Å². The topological polar surface area (TPSA) is 86.6 Å². The van der Waals surface area contributed by atoms with Gasteiger partial charge in [-0.1, -0.05) is 12.1 Å². The number of aromatic carboxylic acids is 1. The van der Waals surface area contributed by atoms with E-state index < -0.39 is 5.97 Å². The van der Waals surface area contributed by atoms with Crippen LogP contribution in [0.2, 0.25) is 0 Å². The SMILES string of the molecule is O=C(O)c1ccc(-c2cccc(C(=O)NC3CC3)c2)c(O)c1. The Labute approximate surface area is 127 Å². The number of nitrogens with one attached hydrogen (secondary N) is 1. The van der Waals surface area contributed by atoms with Crippen LogP contribution in [0.15, 0.2) is 42.5 Å². The van der Waals surface area contributed by atoms with Crippen LogP contribution in [0.3, 0.4) is 0 Å². The minimum atomic E-state index is -1.10. The fourth-order valence-corrected chi connectivity index (χ4v) is 2.23. The highest BCUT2D eigenvalue weighted by Gasteiger charge is 2.23. The summed E-state index contributed by atoms with van der Waals surface area (Å²) in [5.41, 5.74) is 1.69. The smallest absolute Gasteiger partial charge is 0.335 e. The second kappa shape index (κ2) is 5.52. The molecule has 1 amide bonds. The maximum atomic E-state index is 12.1. The summed E-state index contributed by atoms with van der Waals surface area (Å²) in [4.78, 5) is 22.9. The van der Waals surface area contributed by atoms with Crippen molar-refractivity contribution in [3.8, 4) is 16.9 Å². The molecule has 0 radical (unpaired) electrons. The molecule has 1 aliphatic rings. The normalized spacial score (nSPS) is 13.6. The van der Waals surface area contributed by atoms with E-state index in [2.05, 4.69) is 5.32 Å². The molecule has 1 saturated carbocycles. The maximum absolute atomic E-state index is 12.1. The number of carbonyl (C=O) groups is 2. The predicted octanol–water partition coefficient (Wildman–Crippen LogP) is 2.65. The number of phenols is 1. The zero-order valence-corrected chi connectivity index (χ0v) is 11.7. The van der Waals surface area contributed by atoms with E-state index in [1.165, 1.54) is 18.2 Å². The molecule has 5 heteroatoms. The van der Waals surface area contributed by atoms with E-state index in [4.69, 9.17) is 5.11 Å². The molecule has 0 aliphatic heterocycles. The minimum Gasteiger partial charge on any atom is -0.507 e. The molecule has 3 rings (SSSR count). The van der Waals surface area contributed by atoms with E-state index in [0.29, 0.717) is 16.7 Å². The lowest BCUT2D eigenvalue weighted by atomic mass is 10.0. The Morgan fingerprint density at radius 3 is 2.45 bits per heavy atom. The Balaban J connectivity index is 1.91. The lowest BCUT2D eigenvalue weighted by Crippen LogP contribution is -2.25. The number of carboxylic acid groups (broad SMARTS) is 1. The summed E-state index contributed by atoms with van der Waals surface area (Å²) in [6.07, 6.45) is 2.03. The van der Waals surface area contributed by atoms with Gasteiger partial charge in [0.15, 0.2) is 0 Å². The highest BCUT2D eigenvalue weighted by molar-refractivity contribution is 5.96. The third-order valence-corrected chi connectivity index (χ3v) is 3.59. The van der Waals surface area contributed by atoms with Gasteiger partial charge in [-0.15, -0.1) is 0 Å². The Hall–Kier alpha value is -2.82. The molecule has 0 atom stereocenters. The quantitative estimate of drug-likeness (QED) is 0.809. The Morgan fingerprint density at radius 2 is 1.82 bits per heavy atom. The van der Waals surface area contributed by atoms with Gasteiger partial charge in [0, 0.05) is 17.2 Å². The summed E-state index contributed by atoms with van der Waals surface area (Å²) >= 11 is 0. The number of carboxylic acids is 1. The lowest BCUT2D eigenvalue weighted by Gasteiger charge is -2.08. The van der Waals surface area contributed by atoms with Crippen LogP contribution in [0.1, 0.15) is 33.6 Å². The van der Waals surface area contributed by atoms with Crippen molar-refractivity contribution in [1.82, 2.24) is 5.32 Å². The Kier molecular flexibility index (Phi) is 3.55. The molecule has 0 saturated heterocycles. The molecule has 0 unspecified atom stereocenters. The van der Waals surface area contributed by atoms with E-state index >= 15 is 0 Å². The number of aromatic hydroxyl groups is 1. The lowest BCUT2D eigenvalue weighted by molar-refractivity contribution is 0.0696. The minimum absolute atomic E-state index is 0.0175. The number of carbonyl (C=O) groups excluding carboxylic acids is 1. The molecule has 22 heavy (non-hydrogen) atoms. The number of hydrogen-bond donors (Lipinski definition) is 3. The fraction of sp³-hybridized carbons (Fsp3) is 0.176. The van der Waals surface area contributed by atoms with Gasteiger partial charge >= 0.3 is 5.97 Å². The van der Waals surface area contributed by atoms with Gasteiger partial charge in [0.25, 0.3) is 5.91 Å². The molecule has 112 valence electrons. The fourth-order valence-electron chi connectivity index (χ4n) is 2.23. The number of amides is 1. The molecule has 2 aromatic rings. The van der Waals surface area contributed by atoms with Crippen LogP contribution in [-0.4, -0.2) is 28.1 Å². The van der Waals surface area contributed by atoms with Crippen LogP contribution in [0.25, 0.3) is 11.1 Å². The zero-order chi connectivity index (χ0) is 15.7. The van der Waals surface area contributed by atoms with Crippen molar-refractivity contribution in [3.05, 3.63) is 53.6 Å². The number of rotatable bonds is 4. The summed E-state index contributed by atoms with van der Waals surface area (Å²) in [5.74, 6) is -1.36. The monoisotopic (exact) mass is 297 g/mol. The predicted molar refractivity (Wildman–Crippen MR) is 81.0 cm³/mol. The van der Waals surface area contributed by atoms with Crippen molar-refractivity contribution in [3.63, 3.8) is 0 Å². The highest BCUT2D eigenvalue weighted by Crippen LogP contribution is 2.30. The third kappa shape index (κ3) is 2.93. The summed E-state index contributed by atoms with van der Waals surface area (Å²) in [6, 6.07) is 11.3. The van der Waals surface area contributed by atoms with E-state index in [9.17, 15) is 14.7 Å². The summed E-state index contributed by atoms with van der Waals surface area (Å²) in [6.45, 7) is 0. The van der Waals surface area contributed by atoms with Gasteiger partial charge in [0.1, 0.15) is 5.75 Å². The first-order valence-corrected chi connectivity index (χ1v) is 7.02. The van der Waals surface area contributed by atoms with Crippen LogP contribution < -0.4 is 5.32 Å². The van der Waals surface area contributed by atoms with Gasteiger partial charge < -0.3 is 15.5 Å².